The zero-order valence-corrected chi connectivity index (χ0v) is 17.3. The number of thiophene rings is 1. The van der Waals surface area contributed by atoms with Gasteiger partial charge in [-0.2, -0.15) is 11.3 Å². The minimum absolute atomic E-state index is 0. The van der Waals surface area contributed by atoms with Crippen LogP contribution in [0.5, 0.6) is 0 Å². The molecule has 1 fully saturated rings. The van der Waals surface area contributed by atoms with E-state index in [1.165, 1.54) is 0 Å². The van der Waals surface area contributed by atoms with Crippen molar-refractivity contribution >= 4 is 22.9 Å². The fraction of sp³-hybridized carbons (Fsp3) is 0.391. The molecule has 0 spiro atoms. The smallest absolute Gasteiger partial charge is 0.254 e. The zero-order valence-electron chi connectivity index (χ0n) is 16.4. The van der Waals surface area contributed by atoms with Crippen LogP contribution in [0, 0.1) is 13.8 Å². The largest absolute Gasteiger partial charge is 0.392 e. The van der Waals surface area contributed by atoms with Gasteiger partial charge in [0.25, 0.3) is 5.91 Å². The molecule has 1 saturated heterocycles. The molecule has 3 aromatic rings. The number of carbonyl (C=O) groups is 1. The second kappa shape index (κ2) is 7.65. The monoisotopic (exact) mass is 425 g/mol. The summed E-state index contributed by atoms with van der Waals surface area (Å²) in [5.41, 5.74) is 4.52. The number of aryl methyl sites for hydroxylation is 2. The summed E-state index contributed by atoms with van der Waals surface area (Å²) in [6, 6.07) is 8.06. The Kier molecular flexibility index (Phi) is 5.30. The summed E-state index contributed by atoms with van der Waals surface area (Å²) in [4.78, 5) is 15.7. The second-order valence-electron chi connectivity index (χ2n) is 7.88. The Bertz CT molecular complexity index is 1060. The zero-order chi connectivity index (χ0) is 20.2. The lowest BCUT2D eigenvalue weighted by Gasteiger charge is -2.43. The molecule has 30 heavy (non-hydrogen) atoms. The number of amides is 1. The molecular formula is C23H27N3O3S. The number of nitrogens with zero attached hydrogens (tertiary/aromatic N) is 2. The number of aliphatic hydroxyl groups is 1. The lowest BCUT2D eigenvalue weighted by Crippen LogP contribution is -2.56. The summed E-state index contributed by atoms with van der Waals surface area (Å²) in [5.74, 6) is 0.699. The van der Waals surface area contributed by atoms with Crippen molar-refractivity contribution in [2.75, 3.05) is 18.4 Å². The first-order valence-corrected chi connectivity index (χ1v) is 10.8. The van der Waals surface area contributed by atoms with Gasteiger partial charge in [0.2, 0.25) is 0 Å². The normalized spacial score (nSPS) is 23.7. The fourth-order valence-corrected chi connectivity index (χ4v) is 5.55. The molecule has 0 saturated carbocycles. The predicted octanol–water partition coefficient (Wildman–Crippen LogP) is 4.31. The molecule has 2 atom stereocenters. The van der Waals surface area contributed by atoms with Crippen molar-refractivity contribution in [1.82, 2.24) is 10.1 Å². The summed E-state index contributed by atoms with van der Waals surface area (Å²) in [6.07, 6.45) is 1.20. The van der Waals surface area contributed by atoms with Crippen LogP contribution in [0.25, 0.3) is 11.1 Å². The maximum atomic E-state index is 13.5. The van der Waals surface area contributed by atoms with E-state index in [0.29, 0.717) is 6.54 Å². The van der Waals surface area contributed by atoms with Gasteiger partial charge in [-0.15, -0.1) is 0 Å². The van der Waals surface area contributed by atoms with Crippen molar-refractivity contribution < 1.29 is 14.4 Å². The van der Waals surface area contributed by atoms with E-state index in [9.17, 15) is 9.90 Å². The molecule has 0 bridgehead atoms. The molecular weight excluding hydrogens is 398 g/mol. The molecule has 158 valence electrons. The van der Waals surface area contributed by atoms with Crippen LogP contribution < -0.4 is 5.32 Å². The van der Waals surface area contributed by atoms with Gasteiger partial charge in [0.05, 0.1) is 11.8 Å². The molecule has 6 nitrogen and oxygen atoms in total. The summed E-state index contributed by atoms with van der Waals surface area (Å²) >= 11 is 1.58. The van der Waals surface area contributed by atoms with Gasteiger partial charge >= 0.3 is 0 Å². The summed E-state index contributed by atoms with van der Waals surface area (Å²) < 4.78 is 5.37. The number of piperidine rings is 1. The molecule has 2 aromatic heterocycles. The number of aliphatic hydroxyl groups excluding tert-OH is 1. The third kappa shape index (κ3) is 2.92. The minimum Gasteiger partial charge on any atom is -0.392 e. The minimum atomic E-state index is -0.939. The van der Waals surface area contributed by atoms with Crippen molar-refractivity contribution in [3.05, 3.63) is 57.6 Å². The van der Waals surface area contributed by atoms with Crippen molar-refractivity contribution in [3.8, 4) is 11.1 Å². The third-order valence-electron chi connectivity index (χ3n) is 6.12. The van der Waals surface area contributed by atoms with Crippen molar-refractivity contribution in [2.24, 2.45) is 0 Å². The van der Waals surface area contributed by atoms with Gasteiger partial charge in [-0.25, -0.2) is 0 Å². The lowest BCUT2D eigenvalue weighted by atomic mass is 9.81. The molecule has 1 amide bonds. The van der Waals surface area contributed by atoms with E-state index in [-0.39, 0.29) is 13.3 Å². The first-order chi connectivity index (χ1) is 14.0. The van der Waals surface area contributed by atoms with Gasteiger partial charge in [0.15, 0.2) is 5.54 Å². The number of β-amino-alcohol motifs (C(OH)–C–C–N with tert-alkyl or cyclic N) is 1. The second-order valence-corrected chi connectivity index (χ2v) is 8.66. The highest BCUT2D eigenvalue weighted by Crippen LogP contribution is 2.48. The van der Waals surface area contributed by atoms with Crippen LogP contribution >= 0.6 is 11.3 Å². The maximum absolute atomic E-state index is 13.5. The number of aromatic nitrogens is 1. The van der Waals surface area contributed by atoms with E-state index in [2.05, 4.69) is 21.4 Å². The molecule has 4 heterocycles. The molecule has 2 aliphatic rings. The number of carbonyl (C=O) groups excluding carboxylic acids is 1. The number of hydrogen-bond donors (Lipinski definition) is 2. The van der Waals surface area contributed by atoms with E-state index in [1.807, 2.05) is 42.8 Å². The Morgan fingerprint density at radius 2 is 2.17 bits per heavy atom. The number of hydrogen-bond acceptors (Lipinski definition) is 6. The van der Waals surface area contributed by atoms with Crippen LogP contribution in [-0.2, 0) is 10.3 Å². The van der Waals surface area contributed by atoms with Crippen LogP contribution in [0.3, 0.4) is 0 Å². The Hall–Kier alpha value is -2.48. The average Bonchev–Trinajstić information content (AvgIpc) is 3.40. The molecule has 0 radical (unpaired) electrons. The number of nitrogens with one attached hydrogen (secondary N) is 1. The standard InChI is InChI=1S/C22H23N3O3S.CH4/c1-13-20(14(2)28-24-13)15-5-6-19-18(10-15)22(21(27)23-19,16-7-9-29-12-16)25-8-3-4-17(26)11-25;/h5-7,9-10,12,17,26H,3-4,8,11H2,1-2H3,(H,23,27);1H4/t17-,22?;/m0./s1. The van der Waals surface area contributed by atoms with E-state index in [4.69, 9.17) is 4.52 Å². The van der Waals surface area contributed by atoms with Crippen LogP contribution in [0.2, 0.25) is 0 Å². The maximum Gasteiger partial charge on any atom is 0.254 e. The summed E-state index contributed by atoms with van der Waals surface area (Å²) in [6.45, 7) is 5.06. The first-order valence-electron chi connectivity index (χ1n) is 9.87. The number of rotatable bonds is 3. The molecule has 1 unspecified atom stereocenters. The summed E-state index contributed by atoms with van der Waals surface area (Å²) in [7, 11) is 0. The van der Waals surface area contributed by atoms with Gasteiger partial charge in [0, 0.05) is 29.9 Å². The SMILES string of the molecule is C.Cc1noc(C)c1-c1ccc2c(c1)C(c1ccsc1)(N1CCC[C@H](O)C1)C(=O)N2. The Labute approximate surface area is 180 Å². The molecule has 1 aromatic carbocycles. The summed E-state index contributed by atoms with van der Waals surface area (Å²) in [5, 5.41) is 21.6. The van der Waals surface area contributed by atoms with Gasteiger partial charge in [-0.05, 0) is 66.8 Å². The Balaban J connectivity index is 0.00000218. The Morgan fingerprint density at radius 3 is 2.83 bits per heavy atom. The topological polar surface area (TPSA) is 78.6 Å². The van der Waals surface area contributed by atoms with Gasteiger partial charge in [0.1, 0.15) is 5.76 Å². The van der Waals surface area contributed by atoms with E-state index >= 15 is 0 Å². The highest BCUT2D eigenvalue weighted by atomic mass is 32.1. The quantitative estimate of drug-likeness (QED) is 0.654. The van der Waals surface area contributed by atoms with Crippen molar-refractivity contribution in [1.29, 1.82) is 0 Å². The predicted molar refractivity (Wildman–Crippen MR) is 119 cm³/mol. The number of fused-ring (bicyclic) bond motifs is 1. The molecule has 2 N–H and O–H groups in total. The van der Waals surface area contributed by atoms with Crippen molar-refractivity contribution in [2.45, 2.75) is 45.8 Å². The fourth-order valence-electron chi connectivity index (χ4n) is 4.85. The van der Waals surface area contributed by atoms with E-state index in [1.54, 1.807) is 11.3 Å². The third-order valence-corrected chi connectivity index (χ3v) is 6.80. The van der Waals surface area contributed by atoms with Crippen LogP contribution in [-0.4, -0.2) is 40.3 Å². The van der Waals surface area contributed by atoms with Gasteiger partial charge in [-0.3, -0.25) is 9.69 Å². The molecule has 0 aliphatic carbocycles. The van der Waals surface area contributed by atoms with E-state index in [0.717, 1.165) is 58.8 Å². The van der Waals surface area contributed by atoms with Gasteiger partial charge in [-0.1, -0.05) is 18.6 Å². The van der Waals surface area contributed by atoms with Crippen LogP contribution in [0.4, 0.5) is 5.69 Å². The Morgan fingerprint density at radius 1 is 1.33 bits per heavy atom. The van der Waals surface area contributed by atoms with Crippen LogP contribution in [0.1, 0.15) is 42.8 Å². The lowest BCUT2D eigenvalue weighted by molar-refractivity contribution is -0.127. The van der Waals surface area contributed by atoms with E-state index < -0.39 is 11.6 Å². The molecule has 2 aliphatic heterocycles. The average molecular weight is 426 g/mol. The molecule has 5 rings (SSSR count). The number of anilines is 1. The van der Waals surface area contributed by atoms with Crippen LogP contribution in [0.15, 0.2) is 39.5 Å². The van der Waals surface area contributed by atoms with Gasteiger partial charge < -0.3 is 14.9 Å². The number of benzene rings is 1. The highest BCUT2D eigenvalue weighted by Gasteiger charge is 2.53. The van der Waals surface area contributed by atoms with Crippen molar-refractivity contribution in [3.63, 3.8) is 0 Å². The highest BCUT2D eigenvalue weighted by molar-refractivity contribution is 7.08. The molecule has 7 heteroatoms. The number of likely N-dealkylation sites (tertiary alicyclic amines) is 1. The first kappa shape index (κ1) is 20.8.